The first-order valence-corrected chi connectivity index (χ1v) is 7.25. The number of rotatable bonds is 5. The average molecular weight is 274 g/mol. The van der Waals surface area contributed by atoms with Crippen molar-refractivity contribution in [2.45, 2.75) is 30.0 Å². The molecule has 0 aliphatic carbocycles. The molecule has 1 rings (SSSR count). The molecule has 0 bridgehead atoms. The van der Waals surface area contributed by atoms with Gasteiger partial charge in [-0.2, -0.15) is 5.26 Å². The Balaban J connectivity index is 2.93. The van der Waals surface area contributed by atoms with Crippen LogP contribution in [-0.2, 0) is 10.0 Å². The van der Waals surface area contributed by atoms with Crippen molar-refractivity contribution < 1.29 is 13.5 Å². The predicted octanol–water partition coefficient (Wildman–Crippen LogP) is 1.06. The van der Waals surface area contributed by atoms with Crippen molar-refractivity contribution in [3.05, 3.63) is 17.0 Å². The minimum Gasteiger partial charge on any atom is -0.396 e. The molecule has 1 aromatic heterocycles. The van der Waals surface area contributed by atoms with Crippen LogP contribution in [0.2, 0.25) is 0 Å². The molecule has 7 heteroatoms. The van der Waals surface area contributed by atoms with Gasteiger partial charge in [0.2, 0.25) is 0 Å². The van der Waals surface area contributed by atoms with Crippen molar-refractivity contribution in [3.63, 3.8) is 0 Å². The van der Waals surface area contributed by atoms with Gasteiger partial charge in [-0.1, -0.05) is 0 Å². The fourth-order valence-electron chi connectivity index (χ4n) is 1.27. The monoisotopic (exact) mass is 274 g/mol. The zero-order valence-corrected chi connectivity index (χ0v) is 11.2. The highest BCUT2D eigenvalue weighted by molar-refractivity contribution is 7.91. The van der Waals surface area contributed by atoms with Crippen molar-refractivity contribution in [3.8, 4) is 6.07 Å². The molecule has 0 saturated carbocycles. The number of aliphatic hydroxyl groups excluding tert-OH is 1. The highest BCUT2D eigenvalue weighted by atomic mass is 32.2. The van der Waals surface area contributed by atoms with Gasteiger partial charge in [0.1, 0.15) is 15.2 Å². The summed E-state index contributed by atoms with van der Waals surface area (Å²) in [4.78, 5) is 0.352. The number of nitrogens with one attached hydrogen (secondary N) is 1. The lowest BCUT2D eigenvalue weighted by Crippen LogP contribution is -2.43. The molecule has 0 aliphatic rings. The van der Waals surface area contributed by atoms with E-state index in [1.807, 2.05) is 6.07 Å². The highest BCUT2D eigenvalue weighted by Crippen LogP contribution is 2.22. The van der Waals surface area contributed by atoms with E-state index in [2.05, 4.69) is 4.72 Å². The van der Waals surface area contributed by atoms with Crippen LogP contribution in [0, 0.1) is 11.3 Å². The molecule has 0 radical (unpaired) electrons. The van der Waals surface area contributed by atoms with E-state index in [0.29, 0.717) is 11.3 Å². The number of thiophene rings is 1. The smallest absolute Gasteiger partial charge is 0.250 e. The topological polar surface area (TPSA) is 90.2 Å². The molecule has 2 N–H and O–H groups in total. The van der Waals surface area contributed by atoms with Gasteiger partial charge in [-0.3, -0.25) is 0 Å². The number of sulfonamides is 1. The first-order chi connectivity index (χ1) is 7.80. The average Bonchev–Trinajstić information content (AvgIpc) is 2.64. The van der Waals surface area contributed by atoms with Crippen LogP contribution in [0.15, 0.2) is 16.3 Å². The molecule has 0 aromatic carbocycles. The maximum absolute atomic E-state index is 12.0. The first-order valence-electron chi connectivity index (χ1n) is 4.95. The van der Waals surface area contributed by atoms with Crippen molar-refractivity contribution >= 4 is 21.4 Å². The third-order valence-electron chi connectivity index (χ3n) is 2.10. The van der Waals surface area contributed by atoms with E-state index in [0.717, 1.165) is 11.3 Å². The summed E-state index contributed by atoms with van der Waals surface area (Å²) in [6, 6.07) is 4.77. The summed E-state index contributed by atoms with van der Waals surface area (Å²) in [5.41, 5.74) is -0.718. The molecule has 17 heavy (non-hydrogen) atoms. The molecule has 0 fully saturated rings. The maximum Gasteiger partial charge on any atom is 0.250 e. The molecular weight excluding hydrogens is 260 g/mol. The van der Waals surface area contributed by atoms with Gasteiger partial charge in [-0.05, 0) is 32.4 Å². The van der Waals surface area contributed by atoms with Gasteiger partial charge >= 0.3 is 0 Å². The second-order valence-electron chi connectivity index (χ2n) is 4.19. The van der Waals surface area contributed by atoms with Gasteiger partial charge in [0.25, 0.3) is 10.0 Å². The zero-order valence-electron chi connectivity index (χ0n) is 9.60. The Labute approximate surface area is 105 Å². The van der Waals surface area contributed by atoms with E-state index >= 15 is 0 Å². The van der Waals surface area contributed by atoms with Gasteiger partial charge in [-0.15, -0.1) is 11.3 Å². The Morgan fingerprint density at radius 2 is 2.18 bits per heavy atom. The van der Waals surface area contributed by atoms with Crippen molar-refractivity contribution in [1.29, 1.82) is 5.26 Å². The van der Waals surface area contributed by atoms with Gasteiger partial charge in [-0.25, -0.2) is 13.1 Å². The Kier molecular flexibility index (Phi) is 4.27. The van der Waals surface area contributed by atoms with E-state index < -0.39 is 15.6 Å². The van der Waals surface area contributed by atoms with Crippen molar-refractivity contribution in [2.24, 2.45) is 0 Å². The summed E-state index contributed by atoms with van der Waals surface area (Å²) in [6.45, 7) is 3.29. The second-order valence-corrected chi connectivity index (χ2v) is 7.19. The lowest BCUT2D eigenvalue weighted by atomic mass is 10.0. The molecule has 0 atom stereocenters. The molecular formula is C10H14N2O3S2. The van der Waals surface area contributed by atoms with Gasteiger partial charge in [0, 0.05) is 12.1 Å². The van der Waals surface area contributed by atoms with Crippen LogP contribution in [0.3, 0.4) is 0 Å². The third kappa shape index (κ3) is 3.78. The molecule has 1 heterocycles. The summed E-state index contributed by atoms with van der Waals surface area (Å²) >= 11 is 0.925. The number of aliphatic hydroxyl groups is 1. The fourth-order valence-corrected chi connectivity index (χ4v) is 3.81. The van der Waals surface area contributed by atoms with E-state index in [1.165, 1.54) is 12.1 Å². The third-order valence-corrected chi connectivity index (χ3v) is 5.28. The molecule has 0 spiro atoms. The van der Waals surface area contributed by atoms with E-state index in [1.54, 1.807) is 13.8 Å². The summed E-state index contributed by atoms with van der Waals surface area (Å²) < 4.78 is 26.5. The van der Waals surface area contributed by atoms with Crippen LogP contribution in [0.5, 0.6) is 0 Å². The minimum atomic E-state index is -3.62. The molecule has 5 nitrogen and oxygen atoms in total. The van der Waals surface area contributed by atoms with Gasteiger partial charge < -0.3 is 5.11 Å². The minimum absolute atomic E-state index is 0.0938. The van der Waals surface area contributed by atoms with Crippen LogP contribution in [0.4, 0.5) is 0 Å². The van der Waals surface area contributed by atoms with Gasteiger partial charge in [0.05, 0.1) is 0 Å². The Hall–Kier alpha value is -0.940. The highest BCUT2D eigenvalue weighted by Gasteiger charge is 2.26. The Morgan fingerprint density at radius 3 is 2.65 bits per heavy atom. The van der Waals surface area contributed by atoms with Crippen molar-refractivity contribution in [2.75, 3.05) is 6.61 Å². The fraction of sp³-hybridized carbons (Fsp3) is 0.500. The Morgan fingerprint density at radius 1 is 1.53 bits per heavy atom. The quantitative estimate of drug-likeness (QED) is 0.840. The summed E-state index contributed by atoms with van der Waals surface area (Å²) in [7, 11) is -3.62. The van der Waals surface area contributed by atoms with E-state index in [9.17, 15) is 8.42 Å². The first kappa shape index (κ1) is 14.1. The zero-order chi connectivity index (χ0) is 13.1. The summed E-state index contributed by atoms with van der Waals surface area (Å²) in [5, 5.41) is 17.5. The van der Waals surface area contributed by atoms with Crippen LogP contribution in [0.1, 0.15) is 25.1 Å². The lowest BCUT2D eigenvalue weighted by molar-refractivity contribution is 0.246. The van der Waals surface area contributed by atoms with Crippen LogP contribution < -0.4 is 4.72 Å². The Bertz CT molecular complexity index is 526. The molecule has 0 amide bonds. The van der Waals surface area contributed by atoms with Crippen LogP contribution in [-0.4, -0.2) is 25.7 Å². The molecule has 0 aliphatic heterocycles. The van der Waals surface area contributed by atoms with E-state index in [-0.39, 0.29) is 10.8 Å². The number of nitrogens with zero attached hydrogens (tertiary/aromatic N) is 1. The number of hydrogen-bond donors (Lipinski definition) is 2. The lowest BCUT2D eigenvalue weighted by Gasteiger charge is -2.24. The number of hydrogen-bond acceptors (Lipinski definition) is 5. The van der Waals surface area contributed by atoms with Crippen LogP contribution >= 0.6 is 11.3 Å². The number of nitriles is 1. The molecule has 94 valence electrons. The molecule has 0 unspecified atom stereocenters. The molecule has 1 aromatic rings. The molecule has 0 saturated heterocycles. The van der Waals surface area contributed by atoms with Crippen molar-refractivity contribution in [1.82, 2.24) is 4.72 Å². The largest absolute Gasteiger partial charge is 0.396 e. The maximum atomic E-state index is 12.0. The summed E-state index contributed by atoms with van der Waals surface area (Å²) in [5.74, 6) is 0. The summed E-state index contributed by atoms with van der Waals surface area (Å²) in [6.07, 6.45) is 0.322. The predicted molar refractivity (Wildman–Crippen MR) is 65.1 cm³/mol. The second kappa shape index (κ2) is 5.14. The van der Waals surface area contributed by atoms with Gasteiger partial charge in [0.15, 0.2) is 0 Å². The van der Waals surface area contributed by atoms with Crippen LogP contribution in [0.25, 0.3) is 0 Å². The SMILES string of the molecule is CC(C)(CCO)NS(=O)(=O)c1ccc(C#N)s1. The van der Waals surface area contributed by atoms with E-state index in [4.69, 9.17) is 10.4 Å². The standard InChI is InChI=1S/C10H14N2O3S2/c1-10(2,5-6-13)12-17(14,15)9-4-3-8(7-11)16-9/h3-4,12-13H,5-6H2,1-2H3. The normalized spacial score (nSPS) is 12.4.